The highest BCUT2D eigenvalue weighted by Gasteiger charge is 2.09. The van der Waals surface area contributed by atoms with E-state index in [2.05, 4.69) is 4.72 Å². The fourth-order valence-corrected chi connectivity index (χ4v) is 2.48. The quantitative estimate of drug-likeness (QED) is 0.867. The first-order valence-corrected chi connectivity index (χ1v) is 6.78. The monoisotopic (exact) mass is 247 g/mol. The molecule has 0 aliphatic heterocycles. The second-order valence-electron chi connectivity index (χ2n) is 3.28. The Morgan fingerprint density at radius 1 is 1.27 bits per heavy atom. The van der Waals surface area contributed by atoms with Crippen LogP contribution in [0.5, 0.6) is 0 Å². The van der Waals surface area contributed by atoms with Gasteiger partial charge in [0.05, 0.1) is 5.75 Å². The Hall–Kier alpha value is -0.580. The lowest BCUT2D eigenvalue weighted by molar-refractivity contribution is 0.580. The number of benzene rings is 1. The average molecular weight is 248 g/mol. The molecule has 0 atom stereocenters. The van der Waals surface area contributed by atoms with Crippen LogP contribution >= 0.6 is 11.6 Å². The smallest absolute Gasteiger partial charge is 0.215 e. The summed E-state index contributed by atoms with van der Waals surface area (Å²) in [6.45, 7) is 2.40. The highest BCUT2D eigenvalue weighted by Crippen LogP contribution is 2.11. The molecule has 1 N–H and O–H groups in total. The molecule has 1 aromatic rings. The van der Waals surface area contributed by atoms with Gasteiger partial charge >= 0.3 is 0 Å². The van der Waals surface area contributed by atoms with Gasteiger partial charge in [-0.25, -0.2) is 13.1 Å². The normalized spacial score (nSPS) is 11.6. The lowest BCUT2D eigenvalue weighted by Crippen LogP contribution is -2.25. The third-order valence-electron chi connectivity index (χ3n) is 1.84. The van der Waals surface area contributed by atoms with Gasteiger partial charge in [-0.1, -0.05) is 30.7 Å². The topological polar surface area (TPSA) is 46.2 Å². The van der Waals surface area contributed by atoms with E-state index in [0.717, 1.165) is 12.0 Å². The van der Waals surface area contributed by atoms with Crippen LogP contribution in [0.1, 0.15) is 18.9 Å². The van der Waals surface area contributed by atoms with E-state index in [4.69, 9.17) is 11.6 Å². The zero-order chi connectivity index (χ0) is 11.3. The molecule has 84 valence electrons. The molecule has 0 amide bonds. The number of halogens is 1. The van der Waals surface area contributed by atoms with Crippen molar-refractivity contribution in [2.75, 3.05) is 6.54 Å². The summed E-state index contributed by atoms with van der Waals surface area (Å²) in [5.74, 6) is 0.00414. The van der Waals surface area contributed by atoms with Gasteiger partial charge in [0.25, 0.3) is 0 Å². The fourth-order valence-electron chi connectivity index (χ4n) is 1.11. The van der Waals surface area contributed by atoms with Crippen molar-refractivity contribution in [2.24, 2.45) is 0 Å². The van der Waals surface area contributed by atoms with Crippen LogP contribution in [0.15, 0.2) is 24.3 Å². The number of hydrogen-bond acceptors (Lipinski definition) is 2. The predicted octanol–water partition coefficient (Wildman–Crippen LogP) is 2.17. The summed E-state index contributed by atoms with van der Waals surface area (Å²) < 4.78 is 25.5. The molecule has 0 aromatic heterocycles. The number of hydrogen-bond donors (Lipinski definition) is 1. The zero-order valence-electron chi connectivity index (χ0n) is 8.53. The maximum atomic E-state index is 11.5. The molecule has 1 aromatic carbocycles. The van der Waals surface area contributed by atoms with Crippen molar-refractivity contribution in [1.82, 2.24) is 4.72 Å². The molecule has 0 fully saturated rings. The van der Waals surface area contributed by atoms with Crippen LogP contribution in [0.3, 0.4) is 0 Å². The molecule has 0 heterocycles. The van der Waals surface area contributed by atoms with E-state index in [-0.39, 0.29) is 5.75 Å². The van der Waals surface area contributed by atoms with Crippen LogP contribution < -0.4 is 4.72 Å². The van der Waals surface area contributed by atoms with Gasteiger partial charge in [0.2, 0.25) is 10.0 Å². The zero-order valence-corrected chi connectivity index (χ0v) is 10.1. The Labute approximate surface area is 95.5 Å². The van der Waals surface area contributed by atoms with Crippen LogP contribution in [-0.4, -0.2) is 15.0 Å². The summed E-state index contributed by atoms with van der Waals surface area (Å²) in [7, 11) is -3.20. The highest BCUT2D eigenvalue weighted by atomic mass is 35.5. The molecule has 1 rings (SSSR count). The van der Waals surface area contributed by atoms with Gasteiger partial charge in [-0.2, -0.15) is 0 Å². The van der Waals surface area contributed by atoms with Gasteiger partial charge in [0, 0.05) is 11.6 Å². The summed E-state index contributed by atoms with van der Waals surface area (Å²) in [5.41, 5.74) is 0.739. The van der Waals surface area contributed by atoms with Crippen molar-refractivity contribution < 1.29 is 8.42 Å². The minimum Gasteiger partial charge on any atom is -0.215 e. The Morgan fingerprint density at radius 2 is 1.87 bits per heavy atom. The standard InChI is InChI=1S/C10H14ClNO2S/c1-2-7-12-15(13,14)8-9-3-5-10(11)6-4-9/h3-6,12H,2,7-8H2,1H3. The van der Waals surface area contributed by atoms with E-state index in [1.807, 2.05) is 6.92 Å². The Morgan fingerprint density at radius 3 is 2.40 bits per heavy atom. The first kappa shape index (κ1) is 12.5. The second kappa shape index (κ2) is 5.49. The molecule has 0 aliphatic carbocycles. The van der Waals surface area contributed by atoms with Crippen molar-refractivity contribution in [1.29, 1.82) is 0 Å². The van der Waals surface area contributed by atoms with Crippen LogP contribution in [0.25, 0.3) is 0 Å². The van der Waals surface area contributed by atoms with Crippen molar-refractivity contribution in [3.8, 4) is 0 Å². The van der Waals surface area contributed by atoms with Crippen LogP contribution in [-0.2, 0) is 15.8 Å². The minimum absolute atomic E-state index is 0.00414. The first-order chi connectivity index (χ1) is 7.03. The highest BCUT2D eigenvalue weighted by molar-refractivity contribution is 7.88. The van der Waals surface area contributed by atoms with Crippen molar-refractivity contribution in [2.45, 2.75) is 19.1 Å². The molecule has 3 nitrogen and oxygen atoms in total. The summed E-state index contributed by atoms with van der Waals surface area (Å²) in [5, 5.41) is 0.609. The van der Waals surface area contributed by atoms with Crippen LogP contribution in [0.4, 0.5) is 0 Å². The van der Waals surface area contributed by atoms with Gasteiger partial charge in [-0.3, -0.25) is 0 Å². The van der Waals surface area contributed by atoms with Gasteiger partial charge in [0.15, 0.2) is 0 Å². The molecule has 0 saturated heterocycles. The van der Waals surface area contributed by atoms with Crippen LogP contribution in [0.2, 0.25) is 5.02 Å². The van der Waals surface area contributed by atoms with Gasteiger partial charge in [0.1, 0.15) is 0 Å². The van der Waals surface area contributed by atoms with Crippen molar-refractivity contribution >= 4 is 21.6 Å². The molecule has 0 radical (unpaired) electrons. The predicted molar refractivity (Wildman–Crippen MR) is 62.4 cm³/mol. The van der Waals surface area contributed by atoms with Gasteiger partial charge in [-0.05, 0) is 24.1 Å². The van der Waals surface area contributed by atoms with E-state index < -0.39 is 10.0 Å². The largest absolute Gasteiger partial charge is 0.215 e. The molecule has 15 heavy (non-hydrogen) atoms. The molecule has 0 bridgehead atoms. The number of nitrogens with one attached hydrogen (secondary N) is 1. The van der Waals surface area contributed by atoms with E-state index in [0.29, 0.717) is 11.6 Å². The molecular formula is C10H14ClNO2S. The lowest BCUT2D eigenvalue weighted by Gasteiger charge is -2.05. The Bertz CT molecular complexity index is 400. The van der Waals surface area contributed by atoms with E-state index in [1.54, 1.807) is 24.3 Å². The van der Waals surface area contributed by atoms with Crippen molar-refractivity contribution in [3.05, 3.63) is 34.9 Å². The molecular weight excluding hydrogens is 234 g/mol. The van der Waals surface area contributed by atoms with Crippen LogP contribution in [0, 0.1) is 0 Å². The van der Waals surface area contributed by atoms with Gasteiger partial charge < -0.3 is 0 Å². The van der Waals surface area contributed by atoms with E-state index in [9.17, 15) is 8.42 Å². The fraction of sp³-hybridized carbons (Fsp3) is 0.400. The summed E-state index contributed by atoms with van der Waals surface area (Å²) in [4.78, 5) is 0. The summed E-state index contributed by atoms with van der Waals surface area (Å²) in [6.07, 6.45) is 0.792. The minimum atomic E-state index is -3.20. The van der Waals surface area contributed by atoms with Crippen molar-refractivity contribution in [3.63, 3.8) is 0 Å². The first-order valence-electron chi connectivity index (χ1n) is 4.75. The molecule has 0 spiro atoms. The second-order valence-corrected chi connectivity index (χ2v) is 5.52. The third-order valence-corrected chi connectivity index (χ3v) is 3.45. The molecule has 0 unspecified atom stereocenters. The third kappa shape index (κ3) is 4.64. The lowest BCUT2D eigenvalue weighted by atomic mass is 10.2. The molecule has 0 saturated carbocycles. The van der Waals surface area contributed by atoms with E-state index in [1.165, 1.54) is 0 Å². The summed E-state index contributed by atoms with van der Waals surface area (Å²) >= 11 is 5.70. The Balaban J connectivity index is 2.65. The number of rotatable bonds is 5. The average Bonchev–Trinajstić information content (AvgIpc) is 2.18. The summed E-state index contributed by atoms with van der Waals surface area (Å²) in [6, 6.07) is 6.81. The maximum Gasteiger partial charge on any atom is 0.215 e. The molecule has 0 aliphatic rings. The SMILES string of the molecule is CCCNS(=O)(=O)Cc1ccc(Cl)cc1. The van der Waals surface area contributed by atoms with Gasteiger partial charge in [-0.15, -0.1) is 0 Å². The van der Waals surface area contributed by atoms with E-state index >= 15 is 0 Å². The Kier molecular flexibility index (Phi) is 4.57. The number of sulfonamides is 1. The maximum absolute atomic E-state index is 11.5. The molecule has 5 heteroatoms.